The van der Waals surface area contributed by atoms with Crippen molar-refractivity contribution in [3.63, 3.8) is 0 Å². The molecule has 0 spiro atoms. The van der Waals surface area contributed by atoms with Gasteiger partial charge in [0.15, 0.2) is 5.82 Å². The zero-order chi connectivity index (χ0) is 19.3. The van der Waals surface area contributed by atoms with Crippen molar-refractivity contribution in [1.29, 1.82) is 0 Å². The first-order chi connectivity index (χ1) is 13.7. The molecule has 1 amide bonds. The molecular formula is C21H19N5OS. The lowest BCUT2D eigenvalue weighted by Crippen LogP contribution is -2.25. The zero-order valence-corrected chi connectivity index (χ0v) is 16.3. The van der Waals surface area contributed by atoms with E-state index in [0.29, 0.717) is 24.3 Å². The molecule has 5 rings (SSSR count). The summed E-state index contributed by atoms with van der Waals surface area (Å²) in [5.41, 5.74) is 9.60. The van der Waals surface area contributed by atoms with Crippen LogP contribution in [0.1, 0.15) is 25.6 Å². The fourth-order valence-corrected chi connectivity index (χ4v) is 4.59. The zero-order valence-electron chi connectivity index (χ0n) is 15.5. The van der Waals surface area contributed by atoms with Crippen LogP contribution in [0.5, 0.6) is 0 Å². The van der Waals surface area contributed by atoms with Crippen molar-refractivity contribution in [3.05, 3.63) is 41.5 Å². The summed E-state index contributed by atoms with van der Waals surface area (Å²) < 4.78 is 2.12. The molecule has 0 radical (unpaired) electrons. The molecule has 4 aromatic rings. The van der Waals surface area contributed by atoms with Gasteiger partial charge in [0.2, 0.25) is 5.91 Å². The van der Waals surface area contributed by atoms with E-state index in [0.717, 1.165) is 52.2 Å². The number of rotatable bonds is 4. The highest BCUT2D eigenvalue weighted by atomic mass is 32.1. The Kier molecular flexibility index (Phi) is 3.95. The van der Waals surface area contributed by atoms with Gasteiger partial charge in [-0.15, -0.1) is 11.3 Å². The lowest BCUT2D eigenvalue weighted by molar-refractivity contribution is -0.128. The number of hydrogen-bond acceptors (Lipinski definition) is 5. The van der Waals surface area contributed by atoms with Crippen LogP contribution in [0.15, 0.2) is 23.6 Å². The normalized spacial score (nSPS) is 14.3. The minimum absolute atomic E-state index is 0.186. The number of aromatic nitrogens is 3. The third-order valence-corrected chi connectivity index (χ3v) is 6.14. The first-order valence-electron chi connectivity index (χ1n) is 9.39. The molecule has 3 aromatic heterocycles. The molecule has 0 saturated carbocycles. The van der Waals surface area contributed by atoms with Crippen LogP contribution in [0, 0.1) is 12.1 Å². The number of anilines is 1. The first kappa shape index (κ1) is 17.0. The summed E-state index contributed by atoms with van der Waals surface area (Å²) in [6, 6.07) is 12.6. The number of fused-ring (bicyclic) bond motifs is 3. The predicted octanol–water partition coefficient (Wildman–Crippen LogP) is 3.64. The summed E-state index contributed by atoms with van der Waals surface area (Å²) in [6.45, 7) is 4.08. The SMILES string of the molecule is CCn1c(CN2CCCC2=O)nc2c(N)nc3cc(-c4cccs4)c#cc3c21. The van der Waals surface area contributed by atoms with Crippen LogP contribution in [-0.2, 0) is 17.9 Å². The Labute approximate surface area is 166 Å². The third kappa shape index (κ3) is 2.60. The van der Waals surface area contributed by atoms with Gasteiger partial charge in [0, 0.05) is 30.0 Å². The Bertz CT molecular complexity index is 1190. The van der Waals surface area contributed by atoms with Crippen molar-refractivity contribution in [2.45, 2.75) is 32.9 Å². The smallest absolute Gasteiger partial charge is 0.223 e. The molecule has 4 heterocycles. The van der Waals surface area contributed by atoms with Gasteiger partial charge < -0.3 is 15.2 Å². The maximum Gasteiger partial charge on any atom is 0.223 e. The summed E-state index contributed by atoms with van der Waals surface area (Å²) in [7, 11) is 0. The predicted molar refractivity (Wildman–Crippen MR) is 111 cm³/mol. The molecule has 6 nitrogen and oxygen atoms in total. The summed E-state index contributed by atoms with van der Waals surface area (Å²) in [5, 5.41) is 2.90. The summed E-state index contributed by atoms with van der Waals surface area (Å²) in [6.07, 6.45) is 1.53. The number of likely N-dealkylation sites (tertiary alicyclic amines) is 1. The number of thiophene rings is 1. The topological polar surface area (TPSA) is 77.0 Å². The first-order valence-corrected chi connectivity index (χ1v) is 10.3. The van der Waals surface area contributed by atoms with Gasteiger partial charge in [0.05, 0.1) is 23.0 Å². The Hall–Kier alpha value is -3.11. The number of pyridine rings is 1. The molecule has 0 aliphatic carbocycles. The monoisotopic (exact) mass is 389 g/mol. The van der Waals surface area contributed by atoms with Gasteiger partial charge in [-0.25, -0.2) is 9.97 Å². The minimum atomic E-state index is 0.186. The average molecular weight is 389 g/mol. The van der Waals surface area contributed by atoms with Crippen LogP contribution in [0.3, 0.4) is 0 Å². The molecule has 1 saturated heterocycles. The lowest BCUT2D eigenvalue weighted by atomic mass is 10.1. The van der Waals surface area contributed by atoms with Crippen LogP contribution in [0.4, 0.5) is 5.82 Å². The highest BCUT2D eigenvalue weighted by Gasteiger charge is 2.24. The quantitative estimate of drug-likeness (QED) is 0.578. The molecule has 0 atom stereocenters. The van der Waals surface area contributed by atoms with E-state index in [1.54, 1.807) is 11.3 Å². The van der Waals surface area contributed by atoms with Crippen LogP contribution in [-0.4, -0.2) is 31.9 Å². The van der Waals surface area contributed by atoms with E-state index >= 15 is 0 Å². The van der Waals surface area contributed by atoms with E-state index < -0.39 is 0 Å². The number of nitrogens with zero attached hydrogens (tertiary/aromatic N) is 4. The van der Waals surface area contributed by atoms with Crippen molar-refractivity contribution in [2.24, 2.45) is 0 Å². The molecule has 1 aliphatic heterocycles. The molecule has 2 N–H and O–H groups in total. The number of aryl methyl sites for hydroxylation is 1. The van der Waals surface area contributed by atoms with Gasteiger partial charge >= 0.3 is 0 Å². The molecule has 1 fully saturated rings. The van der Waals surface area contributed by atoms with Gasteiger partial charge in [-0.05, 0) is 30.9 Å². The van der Waals surface area contributed by atoms with Crippen molar-refractivity contribution in [3.8, 4) is 10.4 Å². The van der Waals surface area contributed by atoms with Crippen molar-refractivity contribution >= 4 is 45.0 Å². The summed E-state index contributed by atoms with van der Waals surface area (Å²) >= 11 is 1.66. The maximum atomic E-state index is 12.1. The number of amides is 1. The fraction of sp³-hybridized carbons (Fsp3) is 0.286. The van der Waals surface area contributed by atoms with E-state index in [1.807, 2.05) is 22.4 Å². The number of nitrogens with two attached hydrogens (primary N) is 1. The Morgan fingerprint density at radius 3 is 2.93 bits per heavy atom. The van der Waals surface area contributed by atoms with Crippen LogP contribution >= 0.6 is 11.3 Å². The second-order valence-electron chi connectivity index (χ2n) is 6.93. The number of carbonyl (C=O) groups is 1. The largest absolute Gasteiger partial charge is 0.382 e. The van der Waals surface area contributed by atoms with E-state index in [1.165, 1.54) is 0 Å². The van der Waals surface area contributed by atoms with Crippen LogP contribution in [0.2, 0.25) is 0 Å². The number of nitrogen functional groups attached to an aromatic ring is 1. The van der Waals surface area contributed by atoms with Crippen molar-refractivity contribution < 1.29 is 4.79 Å². The van der Waals surface area contributed by atoms with Gasteiger partial charge in [-0.3, -0.25) is 4.79 Å². The highest BCUT2D eigenvalue weighted by molar-refractivity contribution is 7.13. The molecule has 0 bridgehead atoms. The second-order valence-corrected chi connectivity index (χ2v) is 7.88. The van der Waals surface area contributed by atoms with Crippen LogP contribution in [0.25, 0.3) is 32.4 Å². The minimum Gasteiger partial charge on any atom is -0.382 e. The second kappa shape index (κ2) is 6.50. The molecule has 140 valence electrons. The summed E-state index contributed by atoms with van der Waals surface area (Å²) in [5.74, 6) is 1.43. The maximum absolute atomic E-state index is 12.1. The molecular weight excluding hydrogens is 370 g/mol. The molecule has 1 aliphatic rings. The van der Waals surface area contributed by atoms with E-state index in [2.05, 4.69) is 34.7 Å². The molecule has 28 heavy (non-hydrogen) atoms. The third-order valence-electron chi connectivity index (χ3n) is 5.23. The van der Waals surface area contributed by atoms with Gasteiger partial charge in [-0.1, -0.05) is 18.2 Å². The Morgan fingerprint density at radius 1 is 1.32 bits per heavy atom. The number of imidazole rings is 1. The Morgan fingerprint density at radius 2 is 2.21 bits per heavy atom. The fourth-order valence-electron chi connectivity index (χ4n) is 3.89. The van der Waals surface area contributed by atoms with Gasteiger partial charge in [0.1, 0.15) is 11.3 Å². The van der Waals surface area contributed by atoms with Gasteiger partial charge in [-0.2, -0.15) is 0 Å². The molecule has 1 aromatic carbocycles. The van der Waals surface area contributed by atoms with E-state index in [9.17, 15) is 4.79 Å². The Balaban J connectivity index is 1.69. The lowest BCUT2D eigenvalue weighted by Gasteiger charge is -2.15. The average Bonchev–Trinajstić information content (AvgIpc) is 3.42. The summed E-state index contributed by atoms with van der Waals surface area (Å²) in [4.78, 5) is 24.4. The van der Waals surface area contributed by atoms with Crippen LogP contribution < -0.4 is 5.73 Å². The highest BCUT2D eigenvalue weighted by Crippen LogP contribution is 2.31. The number of hydrogen-bond donors (Lipinski definition) is 1. The molecule has 0 unspecified atom stereocenters. The standard InChI is InChI=1S/C21H19N5OS/c1-2-26-17(12-25-9-3-6-18(25)27)24-19-20(26)14-8-7-13(16-5-4-10-28-16)11-15(14)23-21(19)22/h4-5,10-11H,2-3,6,9,12H2,1H3,(H2,22,23). The van der Waals surface area contributed by atoms with Gasteiger partial charge in [0.25, 0.3) is 0 Å². The van der Waals surface area contributed by atoms with Crippen molar-refractivity contribution in [1.82, 2.24) is 19.4 Å². The van der Waals surface area contributed by atoms with E-state index in [4.69, 9.17) is 10.7 Å². The number of carbonyl (C=O) groups excluding carboxylic acids is 1. The van der Waals surface area contributed by atoms with E-state index in [-0.39, 0.29) is 5.91 Å². The molecule has 7 heteroatoms. The van der Waals surface area contributed by atoms with Crippen molar-refractivity contribution in [2.75, 3.05) is 12.3 Å².